The van der Waals surface area contributed by atoms with Gasteiger partial charge < -0.3 is 5.32 Å². The number of hydrogen-bond donors (Lipinski definition) is 1. The predicted molar refractivity (Wildman–Crippen MR) is 76.6 cm³/mol. The van der Waals surface area contributed by atoms with Crippen molar-refractivity contribution < 1.29 is 4.79 Å². The van der Waals surface area contributed by atoms with Gasteiger partial charge in [-0.3, -0.25) is 4.79 Å². The minimum absolute atomic E-state index is 0.108. The minimum atomic E-state index is -0.576. The van der Waals surface area contributed by atoms with E-state index in [4.69, 9.17) is 0 Å². The van der Waals surface area contributed by atoms with Crippen LogP contribution in [0.2, 0.25) is 0 Å². The van der Waals surface area contributed by atoms with Gasteiger partial charge in [-0.05, 0) is 49.0 Å². The third kappa shape index (κ3) is 2.85. The molecule has 1 unspecified atom stereocenters. The summed E-state index contributed by atoms with van der Waals surface area (Å²) in [5.74, 6) is 0.146. The van der Waals surface area contributed by atoms with Gasteiger partial charge in [0.15, 0.2) is 0 Å². The molecular weight excluding hydrogens is 248 g/mol. The number of carbonyl (C=O) groups is 1. The van der Waals surface area contributed by atoms with Gasteiger partial charge >= 0.3 is 0 Å². The first kappa shape index (κ1) is 13.2. The van der Waals surface area contributed by atoms with Crippen molar-refractivity contribution >= 4 is 5.91 Å². The lowest BCUT2D eigenvalue weighted by molar-refractivity contribution is -0.123. The highest BCUT2D eigenvalue weighted by Gasteiger charge is 2.53. The van der Waals surface area contributed by atoms with Gasteiger partial charge in [-0.1, -0.05) is 30.3 Å². The summed E-state index contributed by atoms with van der Waals surface area (Å²) >= 11 is 0. The Labute approximate surface area is 120 Å². The Kier molecular flexibility index (Phi) is 3.48. The van der Waals surface area contributed by atoms with Crippen LogP contribution in [0.25, 0.3) is 0 Å². The molecule has 1 N–H and O–H groups in total. The Balaban J connectivity index is 1.53. The number of carbonyl (C=O) groups excluding carboxylic acids is 1. The summed E-state index contributed by atoms with van der Waals surface area (Å²) < 4.78 is 0. The summed E-state index contributed by atoms with van der Waals surface area (Å²) in [4.78, 5) is 12.2. The second-order valence-electron chi connectivity index (χ2n) is 6.23. The van der Waals surface area contributed by atoms with E-state index in [1.165, 1.54) is 25.7 Å². The monoisotopic (exact) mass is 268 g/mol. The molecule has 104 valence electrons. The van der Waals surface area contributed by atoms with Gasteiger partial charge in [0.1, 0.15) is 5.92 Å². The molecule has 0 bridgehead atoms. The van der Waals surface area contributed by atoms with Crippen LogP contribution in [0.3, 0.4) is 0 Å². The first-order valence-electron chi connectivity index (χ1n) is 7.45. The lowest BCUT2D eigenvalue weighted by Gasteiger charge is -2.16. The molecule has 0 radical (unpaired) electrons. The van der Waals surface area contributed by atoms with Gasteiger partial charge in [0.05, 0.1) is 6.07 Å². The highest BCUT2D eigenvalue weighted by Crippen LogP contribution is 2.60. The van der Waals surface area contributed by atoms with E-state index in [1.54, 1.807) is 0 Å². The topological polar surface area (TPSA) is 52.9 Å². The number of benzene rings is 1. The van der Waals surface area contributed by atoms with Gasteiger partial charge in [0, 0.05) is 6.54 Å². The average molecular weight is 268 g/mol. The molecule has 2 saturated carbocycles. The molecule has 2 fully saturated rings. The second-order valence-corrected chi connectivity index (χ2v) is 6.23. The van der Waals surface area contributed by atoms with Crippen LogP contribution in [0.15, 0.2) is 30.3 Å². The highest BCUT2D eigenvalue weighted by atomic mass is 16.1. The number of nitrogens with zero attached hydrogens (tertiary/aromatic N) is 1. The van der Waals surface area contributed by atoms with E-state index in [2.05, 4.69) is 11.4 Å². The molecule has 0 aliphatic heterocycles. The summed E-state index contributed by atoms with van der Waals surface area (Å²) in [6, 6.07) is 11.9. The van der Waals surface area contributed by atoms with Crippen molar-refractivity contribution in [1.82, 2.24) is 5.32 Å². The molecule has 20 heavy (non-hydrogen) atoms. The molecule has 0 heterocycles. The first-order chi connectivity index (χ1) is 9.73. The van der Waals surface area contributed by atoms with Crippen molar-refractivity contribution in [2.75, 3.05) is 6.54 Å². The average Bonchev–Trinajstić information content (AvgIpc) is 3.36. The Morgan fingerprint density at radius 2 is 2.05 bits per heavy atom. The molecule has 0 spiro atoms. The van der Waals surface area contributed by atoms with Crippen molar-refractivity contribution in [1.29, 1.82) is 5.26 Å². The zero-order valence-electron chi connectivity index (χ0n) is 11.6. The number of rotatable bonds is 6. The van der Waals surface area contributed by atoms with Crippen molar-refractivity contribution in [3.05, 3.63) is 35.9 Å². The van der Waals surface area contributed by atoms with Crippen LogP contribution in [0.5, 0.6) is 0 Å². The number of hydrogen-bond acceptors (Lipinski definition) is 2. The van der Waals surface area contributed by atoms with Crippen molar-refractivity contribution in [2.24, 2.45) is 17.3 Å². The van der Waals surface area contributed by atoms with Crippen LogP contribution >= 0.6 is 0 Å². The van der Waals surface area contributed by atoms with E-state index >= 15 is 0 Å². The van der Waals surface area contributed by atoms with Crippen LogP contribution in [-0.4, -0.2) is 12.5 Å². The van der Waals surface area contributed by atoms with Gasteiger partial charge in [0.2, 0.25) is 5.91 Å². The van der Waals surface area contributed by atoms with Gasteiger partial charge in [-0.15, -0.1) is 0 Å². The fourth-order valence-electron chi connectivity index (χ4n) is 3.02. The zero-order valence-corrected chi connectivity index (χ0v) is 11.6. The molecule has 2 aliphatic rings. The third-order valence-electron chi connectivity index (χ3n) is 4.71. The quantitative estimate of drug-likeness (QED) is 0.862. The normalized spacial score (nSPS) is 20.8. The fraction of sp³-hybridized carbons (Fsp3) is 0.529. The molecule has 1 atom stereocenters. The molecule has 1 aromatic rings. The van der Waals surface area contributed by atoms with Crippen LogP contribution in [-0.2, 0) is 11.2 Å². The fourth-order valence-corrected chi connectivity index (χ4v) is 3.02. The van der Waals surface area contributed by atoms with Gasteiger partial charge in [0.25, 0.3) is 0 Å². The SMILES string of the molecule is N#CC(Cc1ccccc1)C(=O)NCC1(C2CC2)CC1. The van der Waals surface area contributed by atoms with Crippen LogP contribution in [0.4, 0.5) is 0 Å². The van der Waals surface area contributed by atoms with E-state index in [0.29, 0.717) is 11.8 Å². The standard InChI is InChI=1S/C17H20N2O/c18-11-14(10-13-4-2-1-3-5-13)16(20)19-12-17(8-9-17)15-6-7-15/h1-5,14-15H,6-10,12H2,(H,19,20). The molecule has 2 aliphatic carbocycles. The number of amides is 1. The van der Waals surface area contributed by atoms with E-state index in [-0.39, 0.29) is 5.91 Å². The maximum Gasteiger partial charge on any atom is 0.237 e. The molecule has 0 saturated heterocycles. The van der Waals surface area contributed by atoms with Crippen molar-refractivity contribution in [3.63, 3.8) is 0 Å². The maximum absolute atomic E-state index is 12.2. The maximum atomic E-state index is 12.2. The molecule has 1 amide bonds. The molecular formula is C17H20N2O. The summed E-state index contributed by atoms with van der Waals surface area (Å²) in [5.41, 5.74) is 1.43. The smallest absolute Gasteiger partial charge is 0.237 e. The van der Waals surface area contributed by atoms with Crippen molar-refractivity contribution in [3.8, 4) is 6.07 Å². The van der Waals surface area contributed by atoms with Gasteiger partial charge in [-0.2, -0.15) is 5.26 Å². The van der Waals surface area contributed by atoms with E-state index < -0.39 is 5.92 Å². The minimum Gasteiger partial charge on any atom is -0.354 e. The Bertz CT molecular complexity index is 524. The van der Waals surface area contributed by atoms with Crippen LogP contribution in [0.1, 0.15) is 31.2 Å². The predicted octanol–water partition coefficient (Wildman–Crippen LogP) is 2.68. The van der Waals surface area contributed by atoms with Gasteiger partial charge in [-0.25, -0.2) is 0 Å². The summed E-state index contributed by atoms with van der Waals surface area (Å²) in [6.45, 7) is 0.767. The highest BCUT2D eigenvalue weighted by molar-refractivity contribution is 5.81. The third-order valence-corrected chi connectivity index (χ3v) is 4.71. The first-order valence-corrected chi connectivity index (χ1v) is 7.45. The van der Waals surface area contributed by atoms with Crippen LogP contribution in [0, 0.1) is 28.6 Å². The Morgan fingerprint density at radius 1 is 1.35 bits per heavy atom. The largest absolute Gasteiger partial charge is 0.354 e. The lowest BCUT2D eigenvalue weighted by atomic mass is 9.98. The van der Waals surface area contributed by atoms with Crippen molar-refractivity contribution in [2.45, 2.75) is 32.1 Å². The molecule has 3 rings (SSSR count). The zero-order chi connectivity index (χ0) is 14.0. The molecule has 3 heteroatoms. The lowest BCUT2D eigenvalue weighted by Crippen LogP contribution is -2.36. The second kappa shape index (κ2) is 5.28. The van der Waals surface area contributed by atoms with E-state index in [1.807, 2.05) is 30.3 Å². The van der Waals surface area contributed by atoms with Crippen LogP contribution < -0.4 is 5.32 Å². The Morgan fingerprint density at radius 3 is 2.60 bits per heavy atom. The number of nitrogens with one attached hydrogen (secondary N) is 1. The van der Waals surface area contributed by atoms with E-state index in [9.17, 15) is 10.1 Å². The number of nitriles is 1. The Hall–Kier alpha value is -1.82. The summed E-state index contributed by atoms with van der Waals surface area (Å²) in [5, 5.41) is 12.2. The molecule has 3 nitrogen and oxygen atoms in total. The van der Waals surface area contributed by atoms with E-state index in [0.717, 1.165) is 18.0 Å². The summed E-state index contributed by atoms with van der Waals surface area (Å²) in [6.07, 6.45) is 5.63. The summed E-state index contributed by atoms with van der Waals surface area (Å²) in [7, 11) is 0. The molecule has 0 aromatic heterocycles. The molecule has 1 aromatic carbocycles.